The number of thioether (sulfide) groups is 1. The van der Waals surface area contributed by atoms with Crippen LogP contribution in [0.5, 0.6) is 0 Å². The Morgan fingerprint density at radius 1 is 1.22 bits per heavy atom. The van der Waals surface area contributed by atoms with Crippen LogP contribution >= 0.6 is 11.8 Å². The highest BCUT2D eigenvalue weighted by molar-refractivity contribution is 8.14. The van der Waals surface area contributed by atoms with Gasteiger partial charge in [0.15, 0.2) is 5.17 Å². The van der Waals surface area contributed by atoms with Crippen molar-refractivity contribution < 1.29 is 0 Å². The molecule has 0 amide bonds. The van der Waals surface area contributed by atoms with Crippen molar-refractivity contribution in [2.45, 2.75) is 40.2 Å². The Bertz CT molecular complexity index is 429. The van der Waals surface area contributed by atoms with Gasteiger partial charge in [-0.2, -0.15) is 0 Å². The second kappa shape index (κ2) is 5.35. The van der Waals surface area contributed by atoms with Gasteiger partial charge in [-0.05, 0) is 30.9 Å². The van der Waals surface area contributed by atoms with Gasteiger partial charge in [0.1, 0.15) is 0 Å². The number of nitrogens with one attached hydrogen (secondary N) is 1. The molecule has 0 radical (unpaired) electrons. The molecule has 1 heterocycles. The summed E-state index contributed by atoms with van der Waals surface area (Å²) in [6.07, 6.45) is 1.17. The van der Waals surface area contributed by atoms with Crippen molar-refractivity contribution in [1.29, 1.82) is 0 Å². The normalized spacial score (nSPS) is 20.4. The predicted molar refractivity (Wildman–Crippen MR) is 82.6 cm³/mol. The highest BCUT2D eigenvalue weighted by Crippen LogP contribution is 2.31. The molecule has 0 saturated carbocycles. The molecule has 0 aliphatic carbocycles. The van der Waals surface area contributed by atoms with Crippen LogP contribution in [0.25, 0.3) is 0 Å². The number of aliphatic imine (C=N–C) groups is 1. The Morgan fingerprint density at radius 3 is 2.50 bits per heavy atom. The number of hydrogen-bond acceptors (Lipinski definition) is 3. The van der Waals surface area contributed by atoms with E-state index in [0.29, 0.717) is 6.04 Å². The summed E-state index contributed by atoms with van der Waals surface area (Å²) in [5, 5.41) is 4.48. The van der Waals surface area contributed by atoms with E-state index in [1.807, 2.05) is 11.8 Å². The van der Waals surface area contributed by atoms with E-state index in [1.165, 1.54) is 12.0 Å². The summed E-state index contributed by atoms with van der Waals surface area (Å²) in [4.78, 5) is 4.84. The third kappa shape index (κ3) is 3.52. The first-order chi connectivity index (χ1) is 8.45. The largest absolute Gasteiger partial charge is 0.335 e. The van der Waals surface area contributed by atoms with Crippen LogP contribution in [0.1, 0.15) is 32.8 Å². The molecular weight excluding hydrogens is 240 g/mol. The minimum Gasteiger partial charge on any atom is -0.335 e. The van der Waals surface area contributed by atoms with Crippen molar-refractivity contribution >= 4 is 22.6 Å². The van der Waals surface area contributed by atoms with Crippen LogP contribution in [0.15, 0.2) is 29.3 Å². The second-order valence-electron chi connectivity index (χ2n) is 5.94. The van der Waals surface area contributed by atoms with Crippen molar-refractivity contribution in [3.8, 4) is 0 Å². The molecule has 0 aromatic heterocycles. The average Bonchev–Trinajstić information content (AvgIpc) is 2.31. The fourth-order valence-corrected chi connectivity index (χ4v) is 2.89. The number of anilines is 1. The zero-order valence-corrected chi connectivity index (χ0v) is 12.5. The molecule has 1 aromatic carbocycles. The van der Waals surface area contributed by atoms with Crippen LogP contribution in [-0.4, -0.2) is 17.0 Å². The van der Waals surface area contributed by atoms with Gasteiger partial charge in [-0.25, -0.2) is 0 Å². The zero-order valence-electron chi connectivity index (χ0n) is 11.7. The average molecular weight is 262 g/mol. The van der Waals surface area contributed by atoms with Crippen molar-refractivity contribution in [2.75, 3.05) is 11.1 Å². The van der Waals surface area contributed by atoms with Crippen molar-refractivity contribution in [1.82, 2.24) is 0 Å². The molecule has 1 unspecified atom stereocenters. The molecule has 0 bridgehead atoms. The summed E-state index contributed by atoms with van der Waals surface area (Å²) >= 11 is 1.82. The van der Waals surface area contributed by atoms with Gasteiger partial charge in [-0.3, -0.25) is 4.99 Å². The maximum absolute atomic E-state index is 4.84. The molecule has 98 valence electrons. The van der Waals surface area contributed by atoms with Crippen molar-refractivity contribution in [3.05, 3.63) is 29.8 Å². The van der Waals surface area contributed by atoms with Crippen molar-refractivity contribution in [2.24, 2.45) is 10.4 Å². The molecule has 3 heteroatoms. The molecule has 0 fully saturated rings. The van der Waals surface area contributed by atoms with E-state index < -0.39 is 0 Å². The van der Waals surface area contributed by atoms with E-state index in [0.717, 1.165) is 16.6 Å². The number of benzene rings is 1. The van der Waals surface area contributed by atoms with Crippen molar-refractivity contribution in [3.63, 3.8) is 0 Å². The first kappa shape index (κ1) is 13.5. The number of amidine groups is 1. The van der Waals surface area contributed by atoms with Gasteiger partial charge in [0.2, 0.25) is 0 Å². The molecule has 1 aliphatic rings. The van der Waals surface area contributed by atoms with E-state index in [9.17, 15) is 0 Å². The number of aryl methyl sites for hydroxylation is 1. The van der Waals surface area contributed by atoms with Crippen LogP contribution in [0, 0.1) is 12.3 Å². The third-order valence-electron chi connectivity index (χ3n) is 3.21. The number of hydrogen-bond donors (Lipinski definition) is 1. The molecule has 0 spiro atoms. The van der Waals surface area contributed by atoms with Gasteiger partial charge in [0.05, 0.1) is 6.04 Å². The lowest BCUT2D eigenvalue weighted by Gasteiger charge is -2.31. The topological polar surface area (TPSA) is 24.4 Å². The SMILES string of the molecule is Cc1ccc(NC2=NC(C(C)(C)C)CCS2)cc1. The summed E-state index contributed by atoms with van der Waals surface area (Å²) in [6, 6.07) is 8.89. The minimum absolute atomic E-state index is 0.251. The van der Waals surface area contributed by atoms with Gasteiger partial charge in [0, 0.05) is 11.4 Å². The summed E-state index contributed by atoms with van der Waals surface area (Å²) in [5.41, 5.74) is 2.66. The van der Waals surface area contributed by atoms with Gasteiger partial charge in [-0.1, -0.05) is 50.2 Å². The minimum atomic E-state index is 0.251. The maximum atomic E-state index is 4.84. The molecule has 1 aliphatic heterocycles. The first-order valence-electron chi connectivity index (χ1n) is 6.49. The summed E-state index contributed by atoms with van der Waals surface area (Å²) in [5.74, 6) is 1.15. The Morgan fingerprint density at radius 2 is 1.89 bits per heavy atom. The fourth-order valence-electron chi connectivity index (χ4n) is 1.97. The number of nitrogens with zero attached hydrogens (tertiary/aromatic N) is 1. The van der Waals surface area contributed by atoms with Crippen LogP contribution in [0.3, 0.4) is 0 Å². The lowest BCUT2D eigenvalue weighted by molar-refractivity contribution is 0.316. The first-order valence-corrected chi connectivity index (χ1v) is 7.48. The summed E-state index contributed by atoms with van der Waals surface area (Å²) in [6.45, 7) is 8.90. The molecule has 1 N–H and O–H groups in total. The molecular formula is C15H22N2S. The number of rotatable bonds is 1. The Kier molecular flexibility index (Phi) is 4.00. The van der Waals surface area contributed by atoms with E-state index in [-0.39, 0.29) is 5.41 Å². The second-order valence-corrected chi connectivity index (χ2v) is 7.03. The summed E-state index contributed by atoms with van der Waals surface area (Å²) < 4.78 is 0. The molecule has 1 atom stereocenters. The lowest BCUT2D eigenvalue weighted by atomic mass is 9.85. The highest BCUT2D eigenvalue weighted by Gasteiger charge is 2.27. The molecule has 2 nitrogen and oxygen atoms in total. The standard InChI is InChI=1S/C15H22N2S/c1-11-5-7-12(8-6-11)16-14-17-13(9-10-18-14)15(2,3)4/h5-8,13H,9-10H2,1-4H3,(H,16,17). The van der Waals surface area contributed by atoms with Gasteiger partial charge < -0.3 is 5.32 Å². The molecule has 0 saturated heterocycles. The molecule has 1 aromatic rings. The van der Waals surface area contributed by atoms with Crippen LogP contribution < -0.4 is 5.32 Å². The molecule has 18 heavy (non-hydrogen) atoms. The third-order valence-corrected chi connectivity index (χ3v) is 4.13. The van der Waals surface area contributed by atoms with E-state index in [2.05, 4.69) is 57.3 Å². The lowest BCUT2D eigenvalue weighted by Crippen LogP contribution is -2.30. The fraction of sp³-hybridized carbons (Fsp3) is 0.533. The van der Waals surface area contributed by atoms with E-state index in [4.69, 9.17) is 4.99 Å². The predicted octanol–water partition coefficient (Wildman–Crippen LogP) is 4.31. The quantitative estimate of drug-likeness (QED) is 0.815. The Balaban J connectivity index is 2.09. The van der Waals surface area contributed by atoms with Crippen LogP contribution in [-0.2, 0) is 0 Å². The smallest absolute Gasteiger partial charge is 0.161 e. The van der Waals surface area contributed by atoms with Crippen LogP contribution in [0.2, 0.25) is 0 Å². The van der Waals surface area contributed by atoms with E-state index >= 15 is 0 Å². The van der Waals surface area contributed by atoms with Gasteiger partial charge >= 0.3 is 0 Å². The monoisotopic (exact) mass is 262 g/mol. The Labute approximate surface area is 114 Å². The Hall–Kier alpha value is -0.960. The molecule has 2 rings (SSSR count). The van der Waals surface area contributed by atoms with Gasteiger partial charge in [-0.15, -0.1) is 0 Å². The zero-order chi connectivity index (χ0) is 13.2. The summed E-state index contributed by atoms with van der Waals surface area (Å²) in [7, 11) is 0. The van der Waals surface area contributed by atoms with Crippen LogP contribution in [0.4, 0.5) is 5.69 Å². The highest BCUT2D eigenvalue weighted by atomic mass is 32.2. The maximum Gasteiger partial charge on any atom is 0.161 e. The van der Waals surface area contributed by atoms with Gasteiger partial charge in [0.25, 0.3) is 0 Å². The van der Waals surface area contributed by atoms with E-state index in [1.54, 1.807) is 0 Å².